The van der Waals surface area contributed by atoms with Crippen LogP contribution in [0.3, 0.4) is 0 Å². The molecule has 0 saturated heterocycles. The summed E-state index contributed by atoms with van der Waals surface area (Å²) < 4.78 is 0. The molecule has 0 rings (SSSR count). The van der Waals surface area contributed by atoms with Gasteiger partial charge in [-0.1, -0.05) is 18.2 Å². The number of aliphatic carboxylic acids is 2. The van der Waals surface area contributed by atoms with Gasteiger partial charge in [0.15, 0.2) is 0 Å². The smallest absolute Gasteiger partial charge is 0.331 e. The summed E-state index contributed by atoms with van der Waals surface area (Å²) in [6, 6.07) is 0. The van der Waals surface area contributed by atoms with Crippen LogP contribution in [0.4, 0.5) is 0 Å². The lowest BCUT2D eigenvalue weighted by Gasteiger charge is -1.96. The van der Waals surface area contributed by atoms with Gasteiger partial charge in [0.05, 0.1) is 6.42 Å². The van der Waals surface area contributed by atoms with E-state index >= 15 is 0 Å². The first kappa shape index (κ1) is 12.4. The Hall–Kier alpha value is -1.58. The van der Waals surface area contributed by atoms with Crippen molar-refractivity contribution in [2.75, 3.05) is 0 Å². The van der Waals surface area contributed by atoms with Crippen LogP contribution in [0.15, 0.2) is 23.8 Å². The maximum absolute atomic E-state index is 10.5. The minimum Gasteiger partial charge on any atom is -0.481 e. The molecule has 0 spiro atoms. The number of carbonyl (C=O) groups is 2. The topological polar surface area (TPSA) is 74.6 Å². The van der Waals surface area contributed by atoms with E-state index in [0.29, 0.717) is 18.4 Å². The average molecular weight is 198 g/mol. The molecule has 0 atom stereocenters. The molecule has 0 bridgehead atoms. The van der Waals surface area contributed by atoms with Crippen LogP contribution in [0.1, 0.15) is 26.2 Å². The van der Waals surface area contributed by atoms with E-state index in [4.69, 9.17) is 10.2 Å². The van der Waals surface area contributed by atoms with Gasteiger partial charge in [0, 0.05) is 5.57 Å². The van der Waals surface area contributed by atoms with Gasteiger partial charge in [-0.2, -0.15) is 0 Å². The van der Waals surface area contributed by atoms with Crippen LogP contribution < -0.4 is 0 Å². The van der Waals surface area contributed by atoms with Gasteiger partial charge in [-0.25, -0.2) is 4.79 Å². The predicted octanol–water partition coefficient (Wildman–Crippen LogP) is 1.83. The van der Waals surface area contributed by atoms with Gasteiger partial charge in [-0.15, -0.1) is 0 Å². The predicted molar refractivity (Wildman–Crippen MR) is 52.0 cm³/mol. The third-order valence-electron chi connectivity index (χ3n) is 1.66. The number of hydrogen-bond donors (Lipinski definition) is 2. The molecule has 2 N–H and O–H groups in total. The van der Waals surface area contributed by atoms with Gasteiger partial charge >= 0.3 is 11.9 Å². The molecule has 14 heavy (non-hydrogen) atoms. The van der Waals surface area contributed by atoms with Crippen molar-refractivity contribution in [1.29, 1.82) is 0 Å². The number of hydrogen-bond acceptors (Lipinski definition) is 2. The zero-order chi connectivity index (χ0) is 11.0. The highest BCUT2D eigenvalue weighted by atomic mass is 16.4. The van der Waals surface area contributed by atoms with Crippen molar-refractivity contribution < 1.29 is 19.8 Å². The SMILES string of the molecule is C/C=C(\CC/C=C/CC(=O)O)C(=O)O. The Morgan fingerprint density at radius 2 is 1.86 bits per heavy atom. The lowest BCUT2D eigenvalue weighted by molar-refractivity contribution is -0.136. The zero-order valence-corrected chi connectivity index (χ0v) is 8.06. The second kappa shape index (κ2) is 6.88. The van der Waals surface area contributed by atoms with E-state index < -0.39 is 11.9 Å². The van der Waals surface area contributed by atoms with Crippen molar-refractivity contribution in [1.82, 2.24) is 0 Å². The van der Waals surface area contributed by atoms with Gasteiger partial charge in [-0.05, 0) is 19.8 Å². The monoisotopic (exact) mass is 198 g/mol. The molecule has 0 aromatic rings. The largest absolute Gasteiger partial charge is 0.481 e. The van der Waals surface area contributed by atoms with Crippen molar-refractivity contribution >= 4 is 11.9 Å². The van der Waals surface area contributed by atoms with Crippen LogP contribution in [0.5, 0.6) is 0 Å². The van der Waals surface area contributed by atoms with Crippen LogP contribution in [-0.2, 0) is 9.59 Å². The Morgan fingerprint density at radius 1 is 1.21 bits per heavy atom. The van der Waals surface area contributed by atoms with E-state index in [9.17, 15) is 9.59 Å². The molecule has 0 aromatic carbocycles. The highest BCUT2D eigenvalue weighted by molar-refractivity contribution is 5.86. The molecular formula is C10H14O4. The average Bonchev–Trinajstić information content (AvgIpc) is 2.10. The zero-order valence-electron chi connectivity index (χ0n) is 8.06. The van der Waals surface area contributed by atoms with Crippen molar-refractivity contribution in [2.24, 2.45) is 0 Å². The van der Waals surface area contributed by atoms with Crippen molar-refractivity contribution in [3.05, 3.63) is 23.8 Å². The summed E-state index contributed by atoms with van der Waals surface area (Å²) in [6.07, 6.45) is 5.73. The van der Waals surface area contributed by atoms with Crippen molar-refractivity contribution in [3.63, 3.8) is 0 Å². The van der Waals surface area contributed by atoms with Gasteiger partial charge in [-0.3, -0.25) is 4.79 Å². The molecular weight excluding hydrogens is 184 g/mol. The van der Waals surface area contributed by atoms with E-state index in [1.54, 1.807) is 19.1 Å². The number of carboxylic acids is 2. The van der Waals surface area contributed by atoms with Crippen LogP contribution in [0.25, 0.3) is 0 Å². The van der Waals surface area contributed by atoms with Crippen LogP contribution >= 0.6 is 0 Å². The molecule has 4 heteroatoms. The summed E-state index contributed by atoms with van der Waals surface area (Å²) in [5.41, 5.74) is 0.352. The molecule has 0 aromatic heterocycles. The van der Waals surface area contributed by atoms with Crippen molar-refractivity contribution in [3.8, 4) is 0 Å². The minimum absolute atomic E-state index is 0.0156. The summed E-state index contributed by atoms with van der Waals surface area (Å²) in [5, 5.41) is 16.9. The highest BCUT2D eigenvalue weighted by Gasteiger charge is 2.03. The first-order valence-corrected chi connectivity index (χ1v) is 4.33. The van der Waals surface area contributed by atoms with Gasteiger partial charge in [0.25, 0.3) is 0 Å². The minimum atomic E-state index is -0.917. The summed E-state index contributed by atoms with van der Waals surface area (Å²) in [7, 11) is 0. The molecule has 0 amide bonds. The molecule has 0 aliphatic heterocycles. The fourth-order valence-corrected chi connectivity index (χ4v) is 0.916. The quantitative estimate of drug-likeness (QED) is 0.504. The molecule has 0 aliphatic carbocycles. The highest BCUT2D eigenvalue weighted by Crippen LogP contribution is 2.05. The molecule has 0 aliphatic rings. The number of allylic oxidation sites excluding steroid dienone is 2. The Bertz CT molecular complexity index is 263. The molecule has 0 unspecified atom stereocenters. The van der Waals surface area contributed by atoms with E-state index in [1.165, 1.54) is 6.08 Å². The molecule has 0 radical (unpaired) electrons. The Kier molecular flexibility index (Phi) is 6.11. The Morgan fingerprint density at radius 3 is 2.29 bits per heavy atom. The first-order chi connectivity index (χ1) is 6.57. The van der Waals surface area contributed by atoms with Gasteiger partial charge in [0.1, 0.15) is 0 Å². The van der Waals surface area contributed by atoms with Crippen LogP contribution in [0, 0.1) is 0 Å². The maximum Gasteiger partial charge on any atom is 0.331 e. The van der Waals surface area contributed by atoms with E-state index in [1.807, 2.05) is 0 Å². The summed E-state index contributed by atoms with van der Waals surface area (Å²) in [5.74, 6) is -1.80. The van der Waals surface area contributed by atoms with E-state index in [-0.39, 0.29) is 6.42 Å². The Labute approximate surface area is 82.6 Å². The molecule has 0 saturated carbocycles. The van der Waals surface area contributed by atoms with Crippen LogP contribution in [0.2, 0.25) is 0 Å². The molecule has 4 nitrogen and oxygen atoms in total. The standard InChI is InChI=1S/C10H14O4/c1-2-8(10(13)14)6-4-3-5-7-9(11)12/h2-3,5H,4,6-7H2,1H3,(H,11,12)(H,13,14)/b5-3+,8-2+. The number of rotatable bonds is 6. The summed E-state index contributed by atoms with van der Waals surface area (Å²) in [4.78, 5) is 20.6. The maximum atomic E-state index is 10.5. The van der Waals surface area contributed by atoms with Gasteiger partial charge in [0.2, 0.25) is 0 Å². The van der Waals surface area contributed by atoms with E-state index in [2.05, 4.69) is 0 Å². The summed E-state index contributed by atoms with van der Waals surface area (Å²) >= 11 is 0. The van der Waals surface area contributed by atoms with Crippen molar-refractivity contribution in [2.45, 2.75) is 26.2 Å². The third kappa shape index (κ3) is 5.99. The Balaban J connectivity index is 3.78. The van der Waals surface area contributed by atoms with E-state index in [0.717, 1.165) is 0 Å². The van der Waals surface area contributed by atoms with Crippen LogP contribution in [-0.4, -0.2) is 22.2 Å². The lowest BCUT2D eigenvalue weighted by atomic mass is 10.1. The normalized spacial score (nSPS) is 11.9. The molecule has 0 heterocycles. The molecule has 0 fully saturated rings. The fourth-order valence-electron chi connectivity index (χ4n) is 0.916. The molecule has 78 valence electrons. The third-order valence-corrected chi connectivity index (χ3v) is 1.66. The lowest BCUT2D eigenvalue weighted by Crippen LogP contribution is -1.99. The second-order valence-electron chi connectivity index (χ2n) is 2.73. The van der Waals surface area contributed by atoms with Gasteiger partial charge < -0.3 is 10.2 Å². The summed E-state index contributed by atoms with van der Waals surface area (Å²) in [6.45, 7) is 1.67. The number of carboxylic acid groups (broad SMARTS) is 2. The first-order valence-electron chi connectivity index (χ1n) is 4.33. The fraction of sp³-hybridized carbons (Fsp3) is 0.400. The second-order valence-corrected chi connectivity index (χ2v) is 2.73.